The fourth-order valence-electron chi connectivity index (χ4n) is 2.13. The molecule has 2 rings (SSSR count). The van der Waals surface area contributed by atoms with Crippen molar-refractivity contribution in [3.8, 4) is 0 Å². The lowest BCUT2D eigenvalue weighted by Crippen LogP contribution is -2.23. The van der Waals surface area contributed by atoms with Crippen molar-refractivity contribution in [1.82, 2.24) is 4.67 Å². The van der Waals surface area contributed by atoms with Gasteiger partial charge in [-0.15, -0.1) is 6.58 Å². The lowest BCUT2D eigenvalue weighted by molar-refractivity contribution is 0.211. The van der Waals surface area contributed by atoms with Gasteiger partial charge in [-0.2, -0.15) is 0 Å². The van der Waals surface area contributed by atoms with Crippen molar-refractivity contribution >= 4 is 7.52 Å². The second-order valence-corrected chi connectivity index (χ2v) is 6.84. The SMILES string of the molecule is C=CCP1(=O)OC(c2ccccc2)C(C)N1C. The van der Waals surface area contributed by atoms with Crippen LogP contribution in [0.1, 0.15) is 18.6 Å². The Morgan fingerprint density at radius 1 is 1.47 bits per heavy atom. The molecule has 0 aromatic heterocycles. The highest BCUT2D eigenvalue weighted by Gasteiger charge is 2.45. The molecule has 0 aliphatic carbocycles. The molecule has 1 fully saturated rings. The summed E-state index contributed by atoms with van der Waals surface area (Å²) in [6.07, 6.45) is 1.95. The minimum Gasteiger partial charge on any atom is -0.307 e. The summed E-state index contributed by atoms with van der Waals surface area (Å²) in [7, 11) is -0.865. The summed E-state index contributed by atoms with van der Waals surface area (Å²) in [5.74, 6) is 0. The van der Waals surface area contributed by atoms with Gasteiger partial charge in [-0.05, 0) is 19.5 Å². The first-order valence-electron chi connectivity index (χ1n) is 5.75. The van der Waals surface area contributed by atoms with Crippen LogP contribution in [0.3, 0.4) is 0 Å². The molecule has 1 aromatic rings. The topological polar surface area (TPSA) is 29.5 Å². The van der Waals surface area contributed by atoms with Crippen LogP contribution in [0.25, 0.3) is 0 Å². The molecule has 1 aliphatic rings. The van der Waals surface area contributed by atoms with Crippen LogP contribution in [0.5, 0.6) is 0 Å². The zero-order valence-corrected chi connectivity index (χ0v) is 11.1. The number of rotatable bonds is 3. The minimum atomic E-state index is -2.72. The number of likely N-dealkylation sites (N-methyl/N-ethyl adjacent to an activating group) is 1. The molecule has 3 atom stereocenters. The van der Waals surface area contributed by atoms with Gasteiger partial charge >= 0.3 is 0 Å². The molecule has 1 aliphatic heterocycles. The molecular formula is C13H18NO2P. The Kier molecular flexibility index (Phi) is 3.53. The highest BCUT2D eigenvalue weighted by molar-refractivity contribution is 7.56. The van der Waals surface area contributed by atoms with Crippen LogP contribution in [0.15, 0.2) is 43.0 Å². The fraction of sp³-hybridized carbons (Fsp3) is 0.385. The number of hydrogen-bond donors (Lipinski definition) is 0. The fourth-order valence-corrected chi connectivity index (χ4v) is 4.28. The summed E-state index contributed by atoms with van der Waals surface area (Å²) in [4.78, 5) is 0. The van der Waals surface area contributed by atoms with E-state index in [0.29, 0.717) is 6.16 Å². The third kappa shape index (κ3) is 2.23. The van der Waals surface area contributed by atoms with E-state index in [1.807, 2.05) is 49.0 Å². The summed E-state index contributed by atoms with van der Waals surface area (Å²) in [6.45, 7) is 5.69. The highest BCUT2D eigenvalue weighted by atomic mass is 31.2. The molecule has 3 nitrogen and oxygen atoms in total. The van der Waals surface area contributed by atoms with E-state index in [1.165, 1.54) is 0 Å². The Morgan fingerprint density at radius 3 is 2.71 bits per heavy atom. The molecule has 0 amide bonds. The first kappa shape index (κ1) is 12.6. The summed E-state index contributed by atoms with van der Waals surface area (Å²) in [6, 6.07) is 10.1. The first-order valence-corrected chi connectivity index (χ1v) is 7.51. The van der Waals surface area contributed by atoms with Crippen LogP contribution in [0.2, 0.25) is 0 Å². The maximum absolute atomic E-state index is 12.6. The van der Waals surface area contributed by atoms with Crippen molar-refractivity contribution in [3.05, 3.63) is 48.6 Å². The monoisotopic (exact) mass is 251 g/mol. The van der Waals surface area contributed by atoms with Crippen molar-refractivity contribution < 1.29 is 9.09 Å². The third-order valence-electron chi connectivity index (χ3n) is 3.27. The van der Waals surface area contributed by atoms with Gasteiger partial charge in [0.05, 0.1) is 6.16 Å². The van der Waals surface area contributed by atoms with Gasteiger partial charge in [-0.3, -0.25) is 4.57 Å². The van der Waals surface area contributed by atoms with Crippen LogP contribution in [-0.2, 0) is 9.09 Å². The summed E-state index contributed by atoms with van der Waals surface area (Å²) < 4.78 is 20.2. The smallest absolute Gasteiger partial charge is 0.276 e. The van der Waals surface area contributed by atoms with E-state index < -0.39 is 7.52 Å². The molecule has 0 radical (unpaired) electrons. The number of benzene rings is 1. The largest absolute Gasteiger partial charge is 0.307 e. The van der Waals surface area contributed by atoms with Crippen molar-refractivity contribution in [1.29, 1.82) is 0 Å². The minimum absolute atomic E-state index is 0.114. The second kappa shape index (κ2) is 4.77. The Labute approximate surface area is 103 Å². The Balaban J connectivity index is 2.29. The zero-order valence-electron chi connectivity index (χ0n) is 10.2. The van der Waals surface area contributed by atoms with E-state index >= 15 is 0 Å². The molecule has 0 bridgehead atoms. The van der Waals surface area contributed by atoms with E-state index in [2.05, 4.69) is 6.58 Å². The Bertz CT molecular complexity index is 446. The molecule has 0 saturated carbocycles. The number of allylic oxidation sites excluding steroid dienone is 1. The van der Waals surface area contributed by atoms with Gasteiger partial charge < -0.3 is 4.52 Å². The lowest BCUT2D eigenvalue weighted by atomic mass is 10.0. The normalized spacial score (nSPS) is 33.8. The molecule has 1 saturated heterocycles. The summed E-state index contributed by atoms with van der Waals surface area (Å²) >= 11 is 0. The molecule has 1 aromatic carbocycles. The molecular weight excluding hydrogens is 233 g/mol. The van der Waals surface area contributed by atoms with Gasteiger partial charge in [0, 0.05) is 6.04 Å². The summed E-state index contributed by atoms with van der Waals surface area (Å²) in [5, 5.41) is 0. The molecule has 3 unspecified atom stereocenters. The van der Waals surface area contributed by atoms with E-state index in [-0.39, 0.29) is 12.1 Å². The van der Waals surface area contributed by atoms with E-state index in [1.54, 1.807) is 6.08 Å². The first-order chi connectivity index (χ1) is 8.08. The van der Waals surface area contributed by atoms with Crippen LogP contribution in [0, 0.1) is 0 Å². The predicted octanol–water partition coefficient (Wildman–Crippen LogP) is 3.46. The van der Waals surface area contributed by atoms with Gasteiger partial charge in [-0.1, -0.05) is 36.4 Å². The van der Waals surface area contributed by atoms with Crippen molar-refractivity contribution in [3.63, 3.8) is 0 Å². The van der Waals surface area contributed by atoms with Gasteiger partial charge in [0.2, 0.25) is 0 Å². The van der Waals surface area contributed by atoms with Gasteiger partial charge in [-0.25, -0.2) is 4.67 Å². The molecule has 0 N–H and O–H groups in total. The average Bonchev–Trinajstić information content (AvgIpc) is 2.56. The average molecular weight is 251 g/mol. The molecule has 4 heteroatoms. The summed E-state index contributed by atoms with van der Waals surface area (Å²) in [5.41, 5.74) is 1.08. The van der Waals surface area contributed by atoms with Crippen molar-refractivity contribution in [2.75, 3.05) is 13.2 Å². The highest BCUT2D eigenvalue weighted by Crippen LogP contribution is 2.61. The van der Waals surface area contributed by atoms with Crippen molar-refractivity contribution in [2.24, 2.45) is 0 Å². The maximum atomic E-state index is 12.6. The van der Waals surface area contributed by atoms with Crippen LogP contribution in [-0.4, -0.2) is 23.9 Å². The lowest BCUT2D eigenvalue weighted by Gasteiger charge is -2.19. The molecule has 1 heterocycles. The predicted molar refractivity (Wildman–Crippen MR) is 70.2 cm³/mol. The number of hydrogen-bond acceptors (Lipinski definition) is 2. The third-order valence-corrected chi connectivity index (χ3v) is 5.88. The standard InChI is InChI=1S/C13H18NO2P/c1-4-10-17(15)14(3)11(2)13(16-17)12-8-6-5-7-9-12/h4-9,11,13H,1,10H2,2-3H3. The van der Waals surface area contributed by atoms with E-state index in [4.69, 9.17) is 4.52 Å². The van der Waals surface area contributed by atoms with Gasteiger partial charge in [0.15, 0.2) is 0 Å². The quantitative estimate of drug-likeness (QED) is 0.608. The second-order valence-electron chi connectivity index (χ2n) is 4.36. The van der Waals surface area contributed by atoms with Crippen molar-refractivity contribution in [2.45, 2.75) is 19.1 Å². The molecule has 17 heavy (non-hydrogen) atoms. The molecule has 92 valence electrons. The van der Waals surface area contributed by atoms with E-state index in [0.717, 1.165) is 5.56 Å². The molecule has 0 spiro atoms. The van der Waals surface area contributed by atoms with Gasteiger partial charge in [0.25, 0.3) is 7.52 Å². The maximum Gasteiger partial charge on any atom is 0.276 e. The van der Waals surface area contributed by atoms with Crippen LogP contribution >= 0.6 is 7.52 Å². The Hall–Kier alpha value is -0.890. The zero-order chi connectivity index (χ0) is 12.5. The number of nitrogens with zero attached hydrogens (tertiary/aromatic N) is 1. The van der Waals surface area contributed by atoms with E-state index in [9.17, 15) is 4.57 Å². The van der Waals surface area contributed by atoms with Crippen LogP contribution in [0.4, 0.5) is 0 Å². The Morgan fingerprint density at radius 2 is 2.12 bits per heavy atom. The van der Waals surface area contributed by atoms with Gasteiger partial charge in [0.1, 0.15) is 6.10 Å². The van der Waals surface area contributed by atoms with Crippen LogP contribution < -0.4 is 0 Å².